The number of anilines is 1. The van der Waals surface area contributed by atoms with E-state index in [1.165, 1.54) is 12.1 Å². The molecule has 0 bridgehead atoms. The van der Waals surface area contributed by atoms with Crippen LogP contribution in [-0.4, -0.2) is 5.91 Å². The first-order valence-electron chi connectivity index (χ1n) is 5.19. The smallest absolute Gasteiger partial charge is 0.258 e. The fraction of sp³-hybridized carbons (Fsp3) is 0. The second kappa shape index (κ2) is 6.15. The molecule has 1 N–H and O–H groups in total. The Morgan fingerprint density at radius 3 is 2.26 bits per heavy atom. The van der Waals surface area contributed by atoms with Gasteiger partial charge in [-0.25, -0.2) is 4.39 Å². The Morgan fingerprint density at radius 1 is 1.00 bits per heavy atom. The Morgan fingerprint density at radius 2 is 1.63 bits per heavy atom. The van der Waals surface area contributed by atoms with Crippen LogP contribution in [0.1, 0.15) is 10.4 Å². The van der Waals surface area contributed by atoms with Crippen molar-refractivity contribution in [2.45, 2.75) is 0 Å². The van der Waals surface area contributed by atoms with Crippen LogP contribution in [0.15, 0.2) is 49.8 Å². The maximum atomic E-state index is 13.7. The lowest BCUT2D eigenvalue weighted by atomic mass is 10.2. The number of hydrogen-bond donors (Lipinski definition) is 1. The molecule has 0 heterocycles. The number of carbonyl (C=O) groups is 1. The number of hydrogen-bond acceptors (Lipinski definition) is 1. The van der Waals surface area contributed by atoms with E-state index in [9.17, 15) is 9.18 Å². The van der Waals surface area contributed by atoms with Crippen molar-refractivity contribution < 1.29 is 9.18 Å². The van der Waals surface area contributed by atoms with E-state index < -0.39 is 11.7 Å². The van der Waals surface area contributed by atoms with Crippen molar-refractivity contribution >= 4 is 59.4 Å². The Bertz CT molecular complexity index is 646. The summed E-state index contributed by atoms with van der Waals surface area (Å²) < 4.78 is 15.8. The first-order valence-corrected chi connectivity index (χ1v) is 7.57. The monoisotopic (exact) mass is 449 g/mol. The van der Waals surface area contributed by atoms with E-state index in [4.69, 9.17) is 0 Å². The van der Waals surface area contributed by atoms with E-state index in [-0.39, 0.29) is 5.56 Å². The van der Waals surface area contributed by atoms with E-state index in [1.54, 1.807) is 24.3 Å². The summed E-state index contributed by atoms with van der Waals surface area (Å²) in [6.45, 7) is 0. The van der Waals surface area contributed by atoms with Crippen molar-refractivity contribution in [1.29, 1.82) is 0 Å². The number of halogens is 4. The molecule has 0 aliphatic heterocycles. The van der Waals surface area contributed by atoms with E-state index in [1.807, 2.05) is 0 Å². The second-order valence-electron chi connectivity index (χ2n) is 3.70. The summed E-state index contributed by atoms with van der Waals surface area (Å²) >= 11 is 9.80. The van der Waals surface area contributed by atoms with Gasteiger partial charge in [-0.1, -0.05) is 31.9 Å². The van der Waals surface area contributed by atoms with Crippen LogP contribution in [-0.2, 0) is 0 Å². The molecule has 2 aromatic carbocycles. The van der Waals surface area contributed by atoms with Gasteiger partial charge in [0.15, 0.2) is 0 Å². The van der Waals surface area contributed by atoms with Gasteiger partial charge < -0.3 is 5.32 Å². The quantitative estimate of drug-likeness (QED) is 0.653. The van der Waals surface area contributed by atoms with Gasteiger partial charge in [0.05, 0.1) is 11.3 Å². The highest BCUT2D eigenvalue weighted by Gasteiger charge is 2.13. The summed E-state index contributed by atoms with van der Waals surface area (Å²) in [5.41, 5.74) is 0.577. The van der Waals surface area contributed by atoms with Crippen molar-refractivity contribution in [3.63, 3.8) is 0 Å². The standard InChI is InChI=1S/C13H7Br3FNO/c14-7-2-4-12(10(16)5-7)18-13(19)9-3-1-8(15)6-11(9)17/h1-6H,(H,18,19). The SMILES string of the molecule is O=C(Nc1ccc(Br)cc1Br)c1ccc(Br)cc1F. The van der Waals surface area contributed by atoms with Crippen LogP contribution in [0.3, 0.4) is 0 Å². The normalized spacial score (nSPS) is 10.3. The van der Waals surface area contributed by atoms with Gasteiger partial charge in [0.1, 0.15) is 5.82 Å². The van der Waals surface area contributed by atoms with E-state index >= 15 is 0 Å². The van der Waals surface area contributed by atoms with Crippen LogP contribution >= 0.6 is 47.8 Å². The fourth-order valence-corrected chi connectivity index (χ4v) is 2.93. The molecule has 0 aliphatic rings. The molecule has 19 heavy (non-hydrogen) atoms. The molecule has 2 rings (SSSR count). The highest BCUT2D eigenvalue weighted by atomic mass is 79.9. The second-order valence-corrected chi connectivity index (χ2v) is 6.39. The third-order valence-corrected chi connectivity index (χ3v) is 4.00. The average Bonchev–Trinajstić information content (AvgIpc) is 2.32. The van der Waals surface area contributed by atoms with Crippen LogP contribution in [0.25, 0.3) is 0 Å². The minimum Gasteiger partial charge on any atom is -0.321 e. The van der Waals surface area contributed by atoms with Crippen LogP contribution in [0.4, 0.5) is 10.1 Å². The molecule has 0 unspecified atom stereocenters. The lowest BCUT2D eigenvalue weighted by Gasteiger charge is -2.08. The first-order chi connectivity index (χ1) is 8.97. The number of amides is 1. The Kier molecular flexibility index (Phi) is 4.76. The summed E-state index contributed by atoms with van der Waals surface area (Å²) in [4.78, 5) is 12.0. The zero-order valence-electron chi connectivity index (χ0n) is 9.38. The van der Waals surface area contributed by atoms with Crippen molar-refractivity contribution in [1.82, 2.24) is 0 Å². The lowest BCUT2D eigenvalue weighted by molar-refractivity contribution is 0.102. The summed E-state index contributed by atoms with van der Waals surface area (Å²) in [6.07, 6.45) is 0. The minimum atomic E-state index is -0.569. The molecule has 2 nitrogen and oxygen atoms in total. The van der Waals surface area contributed by atoms with Crippen molar-refractivity contribution in [3.05, 3.63) is 61.2 Å². The first kappa shape index (κ1) is 14.7. The third kappa shape index (κ3) is 3.64. The molecule has 6 heteroatoms. The third-order valence-electron chi connectivity index (χ3n) is 2.36. The molecular weight excluding hydrogens is 445 g/mol. The van der Waals surface area contributed by atoms with Gasteiger partial charge in [0.2, 0.25) is 0 Å². The highest BCUT2D eigenvalue weighted by Crippen LogP contribution is 2.27. The van der Waals surface area contributed by atoms with Gasteiger partial charge in [-0.2, -0.15) is 0 Å². The predicted molar refractivity (Wildman–Crippen MR) is 83.9 cm³/mol. The average molecular weight is 452 g/mol. The van der Waals surface area contributed by atoms with Crippen molar-refractivity contribution in [3.8, 4) is 0 Å². The Labute approximate surface area is 134 Å². The summed E-state index contributed by atoms with van der Waals surface area (Å²) in [5, 5.41) is 2.65. The Hall–Kier alpha value is -0.720. The van der Waals surface area contributed by atoms with Crippen molar-refractivity contribution in [2.24, 2.45) is 0 Å². The molecule has 0 spiro atoms. The number of rotatable bonds is 2. The van der Waals surface area contributed by atoms with Gasteiger partial charge in [-0.05, 0) is 52.3 Å². The molecule has 98 valence electrons. The zero-order valence-corrected chi connectivity index (χ0v) is 14.1. The van der Waals surface area contributed by atoms with Crippen molar-refractivity contribution in [2.75, 3.05) is 5.32 Å². The summed E-state index contributed by atoms with van der Waals surface area (Å²) in [7, 11) is 0. The highest BCUT2D eigenvalue weighted by molar-refractivity contribution is 9.11. The molecule has 0 saturated carbocycles. The topological polar surface area (TPSA) is 29.1 Å². The number of nitrogens with one attached hydrogen (secondary N) is 1. The molecule has 2 aromatic rings. The zero-order chi connectivity index (χ0) is 14.0. The molecule has 0 saturated heterocycles. The minimum absolute atomic E-state index is 0.00183. The van der Waals surface area contributed by atoms with Gasteiger partial charge in [0, 0.05) is 13.4 Å². The van der Waals surface area contributed by atoms with E-state index in [0.29, 0.717) is 14.6 Å². The largest absolute Gasteiger partial charge is 0.321 e. The van der Waals surface area contributed by atoms with Crippen LogP contribution in [0.2, 0.25) is 0 Å². The Balaban J connectivity index is 2.25. The van der Waals surface area contributed by atoms with Crippen LogP contribution in [0, 0.1) is 5.82 Å². The fourth-order valence-electron chi connectivity index (χ4n) is 1.45. The maximum Gasteiger partial charge on any atom is 0.258 e. The number of carbonyl (C=O) groups excluding carboxylic acids is 1. The van der Waals surface area contributed by atoms with E-state index in [0.717, 1.165) is 4.47 Å². The number of benzene rings is 2. The molecule has 0 aliphatic carbocycles. The molecule has 0 atom stereocenters. The van der Waals surface area contributed by atoms with Crippen LogP contribution in [0.5, 0.6) is 0 Å². The van der Waals surface area contributed by atoms with Gasteiger partial charge in [-0.3, -0.25) is 4.79 Å². The molecule has 0 aromatic heterocycles. The van der Waals surface area contributed by atoms with Crippen LogP contribution < -0.4 is 5.32 Å². The summed E-state index contributed by atoms with van der Waals surface area (Å²) in [6, 6.07) is 9.62. The lowest BCUT2D eigenvalue weighted by Crippen LogP contribution is -2.14. The van der Waals surface area contributed by atoms with Gasteiger partial charge >= 0.3 is 0 Å². The molecular formula is C13H7Br3FNO. The maximum absolute atomic E-state index is 13.7. The molecule has 0 fully saturated rings. The molecule has 0 radical (unpaired) electrons. The summed E-state index contributed by atoms with van der Waals surface area (Å²) in [5.74, 6) is -1.06. The molecule has 1 amide bonds. The predicted octanol–water partition coefficient (Wildman–Crippen LogP) is 5.37. The van der Waals surface area contributed by atoms with Gasteiger partial charge in [-0.15, -0.1) is 0 Å². The van der Waals surface area contributed by atoms with Gasteiger partial charge in [0.25, 0.3) is 5.91 Å². The van der Waals surface area contributed by atoms with E-state index in [2.05, 4.69) is 53.1 Å².